The maximum absolute atomic E-state index is 11.7. The number of amides is 2. The van der Waals surface area contributed by atoms with E-state index in [2.05, 4.69) is 20.8 Å². The summed E-state index contributed by atoms with van der Waals surface area (Å²) in [6.07, 6.45) is 1.07. The average Bonchev–Trinajstić information content (AvgIpc) is 2.03. The average molecular weight is 184 g/mol. The number of rotatable bonds is 0. The lowest BCUT2D eigenvalue weighted by Gasteiger charge is -2.26. The molecule has 1 atom stereocenters. The number of urea groups is 1. The van der Waals surface area contributed by atoms with Crippen molar-refractivity contribution in [3.63, 3.8) is 0 Å². The van der Waals surface area contributed by atoms with Crippen LogP contribution in [0.3, 0.4) is 0 Å². The van der Waals surface area contributed by atoms with Gasteiger partial charge in [-0.3, -0.25) is 0 Å². The fraction of sp³-hybridized carbons (Fsp3) is 0.900. The summed E-state index contributed by atoms with van der Waals surface area (Å²) in [5.41, 5.74) is 0.231. The molecule has 0 aromatic rings. The monoisotopic (exact) mass is 184 g/mol. The molecule has 0 N–H and O–H groups in total. The van der Waals surface area contributed by atoms with Crippen LogP contribution in [0.1, 0.15) is 27.2 Å². The third-order valence-electron chi connectivity index (χ3n) is 2.80. The minimum absolute atomic E-state index is 0.137. The zero-order valence-corrected chi connectivity index (χ0v) is 9.29. The molecule has 0 radical (unpaired) electrons. The summed E-state index contributed by atoms with van der Waals surface area (Å²) in [4.78, 5) is 15.3. The van der Waals surface area contributed by atoms with Crippen LogP contribution < -0.4 is 0 Å². The molecule has 0 aromatic carbocycles. The molecule has 1 fully saturated rings. The Morgan fingerprint density at radius 3 is 2.46 bits per heavy atom. The highest BCUT2D eigenvalue weighted by Crippen LogP contribution is 2.28. The van der Waals surface area contributed by atoms with Crippen LogP contribution in [0.4, 0.5) is 4.79 Å². The van der Waals surface area contributed by atoms with Crippen molar-refractivity contribution >= 4 is 6.03 Å². The predicted molar refractivity (Wildman–Crippen MR) is 53.6 cm³/mol. The van der Waals surface area contributed by atoms with Gasteiger partial charge in [0, 0.05) is 26.7 Å². The second kappa shape index (κ2) is 3.20. The Kier molecular flexibility index (Phi) is 2.55. The van der Waals surface area contributed by atoms with Crippen molar-refractivity contribution in [3.05, 3.63) is 0 Å². The summed E-state index contributed by atoms with van der Waals surface area (Å²) >= 11 is 0. The minimum Gasteiger partial charge on any atom is -0.327 e. The van der Waals surface area contributed by atoms with Gasteiger partial charge in [-0.1, -0.05) is 13.8 Å². The van der Waals surface area contributed by atoms with E-state index in [-0.39, 0.29) is 11.4 Å². The SMILES string of the molecule is CC1CC(C)(C)CN(C)C(=O)N1C. The molecule has 0 bridgehead atoms. The standard InChI is InChI=1S/C10H20N2O/c1-8-6-10(2,3)7-11(4)9(13)12(8)5/h8H,6-7H2,1-5H3. The number of carbonyl (C=O) groups is 1. The number of carbonyl (C=O) groups excluding carboxylic acids is 1. The van der Waals surface area contributed by atoms with Crippen molar-refractivity contribution in [1.82, 2.24) is 9.80 Å². The van der Waals surface area contributed by atoms with Gasteiger partial charge in [0.25, 0.3) is 0 Å². The molecule has 0 aromatic heterocycles. The third kappa shape index (κ3) is 2.14. The first-order chi connectivity index (χ1) is 5.83. The molecule has 1 unspecified atom stereocenters. The van der Waals surface area contributed by atoms with Crippen molar-refractivity contribution in [1.29, 1.82) is 0 Å². The first-order valence-electron chi connectivity index (χ1n) is 4.81. The molecular weight excluding hydrogens is 164 g/mol. The van der Waals surface area contributed by atoms with Gasteiger partial charge in [-0.05, 0) is 18.8 Å². The molecule has 1 aliphatic rings. The molecule has 1 heterocycles. The summed E-state index contributed by atoms with van der Waals surface area (Å²) < 4.78 is 0. The highest BCUT2D eigenvalue weighted by Gasteiger charge is 2.33. The molecule has 1 saturated heterocycles. The first-order valence-corrected chi connectivity index (χ1v) is 4.81. The van der Waals surface area contributed by atoms with Crippen LogP contribution in [-0.2, 0) is 0 Å². The van der Waals surface area contributed by atoms with Crippen LogP contribution in [0, 0.1) is 5.41 Å². The highest BCUT2D eigenvalue weighted by atomic mass is 16.2. The van der Waals surface area contributed by atoms with Crippen molar-refractivity contribution < 1.29 is 4.79 Å². The summed E-state index contributed by atoms with van der Waals surface area (Å²) in [6.45, 7) is 7.39. The lowest BCUT2D eigenvalue weighted by Crippen LogP contribution is -2.40. The van der Waals surface area contributed by atoms with Gasteiger partial charge >= 0.3 is 6.03 Å². The maximum atomic E-state index is 11.7. The predicted octanol–water partition coefficient (Wildman–Crippen LogP) is 1.79. The van der Waals surface area contributed by atoms with Gasteiger partial charge in [-0.15, -0.1) is 0 Å². The molecule has 0 spiro atoms. The van der Waals surface area contributed by atoms with Crippen molar-refractivity contribution in [2.75, 3.05) is 20.6 Å². The Morgan fingerprint density at radius 1 is 1.38 bits per heavy atom. The van der Waals surface area contributed by atoms with Crippen LogP contribution in [-0.4, -0.2) is 42.5 Å². The van der Waals surface area contributed by atoms with Crippen LogP contribution >= 0.6 is 0 Å². The normalized spacial score (nSPS) is 29.0. The first kappa shape index (κ1) is 10.4. The van der Waals surface area contributed by atoms with Gasteiger partial charge < -0.3 is 9.80 Å². The summed E-state index contributed by atoms with van der Waals surface area (Å²) in [7, 11) is 3.75. The van der Waals surface area contributed by atoms with Crippen LogP contribution in [0.15, 0.2) is 0 Å². The van der Waals surface area contributed by atoms with E-state index < -0.39 is 0 Å². The lowest BCUT2D eigenvalue weighted by atomic mass is 9.86. The molecule has 1 aliphatic heterocycles. The molecular formula is C10H20N2O. The second-order valence-electron chi connectivity index (χ2n) is 4.97. The molecule has 76 valence electrons. The van der Waals surface area contributed by atoms with Crippen LogP contribution in [0.25, 0.3) is 0 Å². The van der Waals surface area contributed by atoms with Crippen molar-refractivity contribution in [2.45, 2.75) is 33.2 Å². The van der Waals surface area contributed by atoms with Gasteiger partial charge in [0.05, 0.1) is 0 Å². The van der Waals surface area contributed by atoms with E-state index in [1.807, 2.05) is 23.9 Å². The molecule has 13 heavy (non-hydrogen) atoms. The number of nitrogens with zero attached hydrogens (tertiary/aromatic N) is 2. The fourth-order valence-corrected chi connectivity index (χ4v) is 2.17. The van der Waals surface area contributed by atoms with E-state index in [1.165, 1.54) is 0 Å². The van der Waals surface area contributed by atoms with Crippen LogP contribution in [0.2, 0.25) is 0 Å². The van der Waals surface area contributed by atoms with Crippen molar-refractivity contribution in [3.8, 4) is 0 Å². The van der Waals surface area contributed by atoms with Crippen molar-refractivity contribution in [2.24, 2.45) is 5.41 Å². The highest BCUT2D eigenvalue weighted by molar-refractivity contribution is 5.74. The van der Waals surface area contributed by atoms with E-state index >= 15 is 0 Å². The van der Waals surface area contributed by atoms with E-state index in [0.29, 0.717) is 6.04 Å². The Hall–Kier alpha value is -0.730. The molecule has 3 heteroatoms. The Morgan fingerprint density at radius 2 is 1.92 bits per heavy atom. The summed E-state index contributed by atoms with van der Waals surface area (Å²) in [5.74, 6) is 0. The van der Waals surface area contributed by atoms with Gasteiger partial charge in [0.2, 0.25) is 0 Å². The Labute approximate surface area is 80.7 Å². The largest absolute Gasteiger partial charge is 0.327 e. The Bertz CT molecular complexity index is 213. The molecule has 2 amide bonds. The summed E-state index contributed by atoms with van der Waals surface area (Å²) in [6, 6.07) is 0.477. The van der Waals surface area contributed by atoms with Gasteiger partial charge in [-0.25, -0.2) is 4.79 Å². The van der Waals surface area contributed by atoms with E-state index in [9.17, 15) is 4.79 Å². The van der Waals surface area contributed by atoms with Crippen LogP contribution in [0.5, 0.6) is 0 Å². The van der Waals surface area contributed by atoms with E-state index in [0.717, 1.165) is 13.0 Å². The van der Waals surface area contributed by atoms with E-state index in [1.54, 1.807) is 0 Å². The quantitative estimate of drug-likeness (QED) is 0.563. The topological polar surface area (TPSA) is 23.6 Å². The number of hydrogen-bond donors (Lipinski definition) is 0. The summed E-state index contributed by atoms with van der Waals surface area (Å²) in [5, 5.41) is 0. The Balaban J connectivity index is 2.85. The van der Waals surface area contributed by atoms with E-state index in [4.69, 9.17) is 0 Å². The van der Waals surface area contributed by atoms with Gasteiger partial charge in [-0.2, -0.15) is 0 Å². The fourth-order valence-electron chi connectivity index (χ4n) is 2.17. The smallest absolute Gasteiger partial charge is 0.319 e. The molecule has 1 rings (SSSR count). The lowest BCUT2D eigenvalue weighted by molar-refractivity contribution is 0.169. The second-order valence-corrected chi connectivity index (χ2v) is 4.97. The zero-order valence-electron chi connectivity index (χ0n) is 9.29. The molecule has 0 aliphatic carbocycles. The molecule has 3 nitrogen and oxygen atoms in total. The molecule has 0 saturated carbocycles. The number of hydrogen-bond acceptors (Lipinski definition) is 1. The minimum atomic E-state index is 0.137. The third-order valence-corrected chi connectivity index (χ3v) is 2.80. The zero-order chi connectivity index (χ0) is 10.2. The van der Waals surface area contributed by atoms with Gasteiger partial charge in [0.15, 0.2) is 0 Å². The maximum Gasteiger partial charge on any atom is 0.319 e. The van der Waals surface area contributed by atoms with Gasteiger partial charge in [0.1, 0.15) is 0 Å².